The van der Waals surface area contributed by atoms with Gasteiger partial charge in [-0.05, 0) is 25.8 Å². The Kier molecular flexibility index (Phi) is 7.60. The normalized spacial score (nSPS) is 12.7. The molecule has 0 radical (unpaired) electrons. The molecule has 1 atom stereocenters. The molecule has 1 unspecified atom stereocenters. The highest BCUT2D eigenvalue weighted by Crippen LogP contribution is 2.23. The Hall–Kier alpha value is -1.09. The van der Waals surface area contributed by atoms with Crippen LogP contribution in [0.3, 0.4) is 0 Å². The molecule has 20 heavy (non-hydrogen) atoms. The standard InChI is InChI=1S/C17H31N3/c1-6-8-11-20(15(5)7-2)17-9-10-18-12-16(17)13-19-14(3)4/h9-10,12,14-15,19H,6-8,11,13H2,1-5H3. The summed E-state index contributed by atoms with van der Waals surface area (Å²) < 4.78 is 0. The maximum Gasteiger partial charge on any atom is 0.0445 e. The molecule has 0 saturated carbocycles. The third kappa shape index (κ3) is 5.12. The first-order chi connectivity index (χ1) is 9.60. The van der Waals surface area contributed by atoms with Crippen molar-refractivity contribution in [2.45, 2.75) is 72.5 Å². The second-order valence-corrected chi connectivity index (χ2v) is 5.84. The fraction of sp³-hybridized carbons (Fsp3) is 0.706. The third-order valence-corrected chi connectivity index (χ3v) is 3.76. The fourth-order valence-electron chi connectivity index (χ4n) is 2.28. The van der Waals surface area contributed by atoms with Gasteiger partial charge in [-0.25, -0.2) is 0 Å². The summed E-state index contributed by atoms with van der Waals surface area (Å²) in [5, 5.41) is 3.50. The number of nitrogens with zero attached hydrogens (tertiary/aromatic N) is 2. The molecule has 0 aliphatic heterocycles. The first kappa shape index (κ1) is 17.0. The Morgan fingerprint density at radius 3 is 2.60 bits per heavy atom. The predicted octanol–water partition coefficient (Wildman–Crippen LogP) is 3.98. The summed E-state index contributed by atoms with van der Waals surface area (Å²) in [6.07, 6.45) is 7.56. The van der Waals surface area contributed by atoms with Gasteiger partial charge in [0.15, 0.2) is 0 Å². The topological polar surface area (TPSA) is 28.2 Å². The van der Waals surface area contributed by atoms with Gasteiger partial charge in [-0.2, -0.15) is 0 Å². The van der Waals surface area contributed by atoms with E-state index in [0.29, 0.717) is 12.1 Å². The van der Waals surface area contributed by atoms with Crippen LogP contribution in [-0.2, 0) is 6.54 Å². The summed E-state index contributed by atoms with van der Waals surface area (Å²) in [4.78, 5) is 6.85. The smallest absolute Gasteiger partial charge is 0.0445 e. The lowest BCUT2D eigenvalue weighted by atomic mass is 10.1. The van der Waals surface area contributed by atoms with E-state index in [-0.39, 0.29) is 0 Å². The van der Waals surface area contributed by atoms with Crippen molar-refractivity contribution in [2.75, 3.05) is 11.4 Å². The molecule has 114 valence electrons. The van der Waals surface area contributed by atoms with Gasteiger partial charge < -0.3 is 10.2 Å². The molecule has 1 rings (SSSR count). The van der Waals surface area contributed by atoms with Crippen LogP contribution in [0, 0.1) is 0 Å². The lowest BCUT2D eigenvalue weighted by Crippen LogP contribution is -2.35. The zero-order valence-electron chi connectivity index (χ0n) is 13.8. The van der Waals surface area contributed by atoms with Crippen LogP contribution in [0.4, 0.5) is 5.69 Å². The van der Waals surface area contributed by atoms with Crippen molar-refractivity contribution in [3.8, 4) is 0 Å². The molecule has 0 fully saturated rings. The lowest BCUT2D eigenvalue weighted by molar-refractivity contribution is 0.572. The molecule has 1 aromatic heterocycles. The minimum absolute atomic E-state index is 0.496. The van der Waals surface area contributed by atoms with Crippen LogP contribution in [0.15, 0.2) is 18.5 Å². The van der Waals surface area contributed by atoms with E-state index in [1.54, 1.807) is 0 Å². The van der Waals surface area contributed by atoms with Gasteiger partial charge in [0.1, 0.15) is 0 Å². The maximum atomic E-state index is 4.30. The maximum absolute atomic E-state index is 4.30. The molecule has 0 aromatic carbocycles. The largest absolute Gasteiger partial charge is 0.368 e. The molecule has 1 aromatic rings. The van der Waals surface area contributed by atoms with Gasteiger partial charge in [-0.15, -0.1) is 0 Å². The second kappa shape index (κ2) is 8.96. The van der Waals surface area contributed by atoms with Crippen LogP contribution in [0.1, 0.15) is 59.4 Å². The van der Waals surface area contributed by atoms with Gasteiger partial charge in [0.25, 0.3) is 0 Å². The molecule has 3 nitrogen and oxygen atoms in total. The van der Waals surface area contributed by atoms with Gasteiger partial charge in [0, 0.05) is 48.8 Å². The molecule has 0 aliphatic carbocycles. The van der Waals surface area contributed by atoms with Crippen molar-refractivity contribution in [1.82, 2.24) is 10.3 Å². The minimum atomic E-state index is 0.496. The van der Waals surface area contributed by atoms with E-state index in [0.717, 1.165) is 13.1 Å². The quantitative estimate of drug-likeness (QED) is 0.740. The van der Waals surface area contributed by atoms with Crippen LogP contribution in [-0.4, -0.2) is 23.6 Å². The Balaban J connectivity index is 2.93. The van der Waals surface area contributed by atoms with Crippen molar-refractivity contribution < 1.29 is 0 Å². The summed E-state index contributed by atoms with van der Waals surface area (Å²) in [6.45, 7) is 13.2. The third-order valence-electron chi connectivity index (χ3n) is 3.76. The van der Waals surface area contributed by atoms with E-state index in [4.69, 9.17) is 0 Å². The average molecular weight is 277 g/mol. The summed E-state index contributed by atoms with van der Waals surface area (Å²) >= 11 is 0. The van der Waals surface area contributed by atoms with Crippen molar-refractivity contribution in [3.63, 3.8) is 0 Å². The van der Waals surface area contributed by atoms with E-state index in [9.17, 15) is 0 Å². The highest BCUT2D eigenvalue weighted by molar-refractivity contribution is 5.53. The number of aromatic nitrogens is 1. The van der Waals surface area contributed by atoms with Crippen molar-refractivity contribution in [2.24, 2.45) is 0 Å². The van der Waals surface area contributed by atoms with Gasteiger partial charge >= 0.3 is 0 Å². The number of nitrogens with one attached hydrogen (secondary N) is 1. The van der Waals surface area contributed by atoms with Crippen LogP contribution in [0.5, 0.6) is 0 Å². The average Bonchev–Trinajstić information content (AvgIpc) is 2.46. The first-order valence-electron chi connectivity index (χ1n) is 8.03. The van der Waals surface area contributed by atoms with E-state index in [1.165, 1.54) is 30.5 Å². The number of pyridine rings is 1. The molecule has 0 aliphatic rings. The summed E-state index contributed by atoms with van der Waals surface area (Å²) in [5.41, 5.74) is 2.65. The van der Waals surface area contributed by atoms with E-state index in [1.807, 2.05) is 12.4 Å². The van der Waals surface area contributed by atoms with Gasteiger partial charge in [-0.1, -0.05) is 34.1 Å². The number of unbranched alkanes of at least 4 members (excludes halogenated alkanes) is 1. The second-order valence-electron chi connectivity index (χ2n) is 5.84. The van der Waals surface area contributed by atoms with Gasteiger partial charge in [0.2, 0.25) is 0 Å². The number of hydrogen-bond acceptors (Lipinski definition) is 3. The van der Waals surface area contributed by atoms with Gasteiger partial charge in [0.05, 0.1) is 0 Å². The van der Waals surface area contributed by atoms with E-state index >= 15 is 0 Å². The number of anilines is 1. The Morgan fingerprint density at radius 2 is 2.00 bits per heavy atom. The highest BCUT2D eigenvalue weighted by atomic mass is 15.2. The highest BCUT2D eigenvalue weighted by Gasteiger charge is 2.15. The summed E-state index contributed by atoms with van der Waals surface area (Å²) in [5.74, 6) is 0. The molecular formula is C17H31N3. The zero-order valence-corrected chi connectivity index (χ0v) is 13.8. The zero-order chi connectivity index (χ0) is 15.0. The molecular weight excluding hydrogens is 246 g/mol. The summed E-state index contributed by atoms with van der Waals surface area (Å²) in [6, 6.07) is 3.23. The molecule has 1 N–H and O–H groups in total. The predicted molar refractivity (Wildman–Crippen MR) is 88.2 cm³/mol. The number of hydrogen-bond donors (Lipinski definition) is 1. The van der Waals surface area contributed by atoms with Crippen molar-refractivity contribution >= 4 is 5.69 Å². The first-order valence-corrected chi connectivity index (χ1v) is 8.03. The van der Waals surface area contributed by atoms with E-state index < -0.39 is 0 Å². The Labute approximate surface area is 124 Å². The minimum Gasteiger partial charge on any atom is -0.368 e. The van der Waals surface area contributed by atoms with Crippen LogP contribution in [0.2, 0.25) is 0 Å². The fourth-order valence-corrected chi connectivity index (χ4v) is 2.28. The molecule has 0 spiro atoms. The monoisotopic (exact) mass is 277 g/mol. The van der Waals surface area contributed by atoms with Crippen molar-refractivity contribution in [3.05, 3.63) is 24.0 Å². The van der Waals surface area contributed by atoms with Crippen LogP contribution in [0.25, 0.3) is 0 Å². The van der Waals surface area contributed by atoms with Gasteiger partial charge in [-0.3, -0.25) is 4.98 Å². The Bertz CT molecular complexity index is 376. The van der Waals surface area contributed by atoms with E-state index in [2.05, 4.69) is 55.9 Å². The molecule has 0 amide bonds. The van der Waals surface area contributed by atoms with Crippen LogP contribution >= 0.6 is 0 Å². The summed E-state index contributed by atoms with van der Waals surface area (Å²) in [7, 11) is 0. The Morgan fingerprint density at radius 1 is 1.25 bits per heavy atom. The molecule has 0 bridgehead atoms. The SMILES string of the molecule is CCCCN(c1ccncc1CNC(C)C)C(C)CC. The van der Waals surface area contributed by atoms with Crippen LogP contribution < -0.4 is 10.2 Å². The number of rotatable bonds is 9. The van der Waals surface area contributed by atoms with Crippen molar-refractivity contribution in [1.29, 1.82) is 0 Å². The molecule has 0 saturated heterocycles. The molecule has 1 heterocycles. The molecule has 3 heteroatoms. The lowest BCUT2D eigenvalue weighted by Gasteiger charge is -2.32.